The number of anilines is 1. The number of rotatable bonds is 2. The monoisotopic (exact) mass is 314 g/mol. The van der Waals surface area contributed by atoms with Crippen LogP contribution in [0.5, 0.6) is 0 Å². The van der Waals surface area contributed by atoms with Crippen LogP contribution in [0.1, 0.15) is 0 Å². The number of piperazine rings is 1. The van der Waals surface area contributed by atoms with E-state index in [-0.39, 0.29) is 5.02 Å². The molecule has 1 aromatic carbocycles. The predicted molar refractivity (Wildman–Crippen MR) is 79.1 cm³/mol. The molecule has 1 aliphatic heterocycles. The lowest BCUT2D eigenvalue weighted by molar-refractivity contribution is 0.584. The molecule has 0 amide bonds. The lowest BCUT2D eigenvalue weighted by Crippen LogP contribution is -2.43. The van der Waals surface area contributed by atoms with Crippen molar-refractivity contribution < 1.29 is 4.39 Å². The lowest BCUT2D eigenvalue weighted by atomic mass is 10.1. The van der Waals surface area contributed by atoms with Crippen molar-refractivity contribution in [2.45, 2.75) is 0 Å². The van der Waals surface area contributed by atoms with Gasteiger partial charge < -0.3 is 10.2 Å². The summed E-state index contributed by atoms with van der Waals surface area (Å²) in [6.07, 6.45) is 0. The van der Waals surface area contributed by atoms with Gasteiger partial charge in [0.25, 0.3) is 0 Å². The highest BCUT2D eigenvalue weighted by molar-refractivity contribution is 6.36. The zero-order valence-corrected chi connectivity index (χ0v) is 12.1. The summed E-state index contributed by atoms with van der Waals surface area (Å²) in [4.78, 5) is 2.16. The first-order valence-corrected chi connectivity index (χ1v) is 7.07. The molecule has 0 radical (unpaired) electrons. The zero-order valence-electron chi connectivity index (χ0n) is 10.6. The summed E-state index contributed by atoms with van der Waals surface area (Å²) >= 11 is 11.8. The number of halogens is 3. The van der Waals surface area contributed by atoms with Crippen molar-refractivity contribution in [3.8, 4) is 11.3 Å². The average molecular weight is 315 g/mol. The quantitative estimate of drug-likeness (QED) is 0.838. The number of hydrogen-bond acceptors (Lipinski definition) is 3. The van der Waals surface area contributed by atoms with Crippen molar-refractivity contribution in [1.82, 2.24) is 15.5 Å². The summed E-state index contributed by atoms with van der Waals surface area (Å²) < 4.78 is 13.6. The van der Waals surface area contributed by atoms with E-state index in [1.165, 1.54) is 12.1 Å². The third kappa shape index (κ3) is 2.61. The first-order chi connectivity index (χ1) is 9.65. The van der Waals surface area contributed by atoms with Gasteiger partial charge in [-0.3, -0.25) is 5.10 Å². The zero-order chi connectivity index (χ0) is 14.1. The van der Waals surface area contributed by atoms with Crippen LogP contribution in [0.4, 0.5) is 10.2 Å². The molecule has 0 saturated carbocycles. The second-order valence-corrected chi connectivity index (χ2v) is 5.44. The number of aromatic nitrogens is 2. The van der Waals surface area contributed by atoms with E-state index in [0.717, 1.165) is 32.0 Å². The maximum atomic E-state index is 13.6. The minimum atomic E-state index is -0.496. The molecule has 20 heavy (non-hydrogen) atoms. The Bertz CT molecular complexity index is 623. The molecule has 0 aliphatic carbocycles. The third-order valence-corrected chi connectivity index (χ3v) is 3.91. The summed E-state index contributed by atoms with van der Waals surface area (Å²) in [5.74, 6) is 0.345. The van der Waals surface area contributed by atoms with Crippen molar-refractivity contribution in [2.75, 3.05) is 31.1 Å². The number of nitrogens with zero attached hydrogens (tertiary/aromatic N) is 2. The molecule has 1 aromatic heterocycles. The van der Waals surface area contributed by atoms with Gasteiger partial charge in [-0.05, 0) is 12.1 Å². The second-order valence-electron chi connectivity index (χ2n) is 4.62. The molecule has 1 fully saturated rings. The van der Waals surface area contributed by atoms with E-state index in [1.807, 2.05) is 6.07 Å². The summed E-state index contributed by atoms with van der Waals surface area (Å²) in [6.45, 7) is 3.65. The second kappa shape index (κ2) is 5.60. The Balaban J connectivity index is 1.91. The summed E-state index contributed by atoms with van der Waals surface area (Å²) in [7, 11) is 0. The molecule has 1 saturated heterocycles. The van der Waals surface area contributed by atoms with Gasteiger partial charge in [-0.1, -0.05) is 23.2 Å². The Morgan fingerprint density at radius 3 is 2.60 bits per heavy atom. The van der Waals surface area contributed by atoms with Gasteiger partial charge in [0, 0.05) is 37.8 Å². The molecular formula is C13H13Cl2FN4. The molecular weight excluding hydrogens is 302 g/mol. The number of nitrogens with one attached hydrogen (secondary N) is 2. The van der Waals surface area contributed by atoms with Gasteiger partial charge in [0.1, 0.15) is 5.82 Å². The van der Waals surface area contributed by atoms with Gasteiger partial charge in [-0.2, -0.15) is 5.10 Å². The average Bonchev–Trinajstić information content (AvgIpc) is 2.93. The van der Waals surface area contributed by atoms with Crippen molar-refractivity contribution in [3.63, 3.8) is 0 Å². The number of H-pyrrole nitrogens is 1. The Labute approximate surface area is 125 Å². The standard InChI is InChI=1S/C13H13Cl2FN4/c14-9-6-10(15)11(16)5-8(9)12-7-13(19-18-12)20-3-1-17-2-4-20/h5-7,17H,1-4H2,(H,18,19). The molecule has 0 unspecified atom stereocenters. The van der Waals surface area contributed by atoms with E-state index in [9.17, 15) is 4.39 Å². The summed E-state index contributed by atoms with van der Waals surface area (Å²) in [5, 5.41) is 10.9. The van der Waals surface area contributed by atoms with E-state index in [2.05, 4.69) is 20.4 Å². The summed E-state index contributed by atoms with van der Waals surface area (Å²) in [5.41, 5.74) is 1.24. The van der Waals surface area contributed by atoms with Gasteiger partial charge >= 0.3 is 0 Å². The molecule has 0 atom stereocenters. The van der Waals surface area contributed by atoms with Crippen LogP contribution in [0.25, 0.3) is 11.3 Å². The Morgan fingerprint density at radius 2 is 1.85 bits per heavy atom. The lowest BCUT2D eigenvalue weighted by Gasteiger charge is -2.26. The first-order valence-electron chi connectivity index (χ1n) is 6.31. The molecule has 2 N–H and O–H groups in total. The minimum Gasteiger partial charge on any atom is -0.353 e. The highest BCUT2D eigenvalue weighted by atomic mass is 35.5. The van der Waals surface area contributed by atoms with Gasteiger partial charge in [0.15, 0.2) is 5.82 Å². The maximum absolute atomic E-state index is 13.6. The highest BCUT2D eigenvalue weighted by Gasteiger charge is 2.16. The predicted octanol–water partition coefficient (Wildman–Crippen LogP) is 2.93. The Morgan fingerprint density at radius 1 is 1.10 bits per heavy atom. The molecule has 0 bridgehead atoms. The van der Waals surface area contributed by atoms with Crippen LogP contribution in [0.3, 0.4) is 0 Å². The number of benzene rings is 1. The smallest absolute Gasteiger partial charge is 0.151 e. The molecule has 2 heterocycles. The van der Waals surface area contributed by atoms with Crippen molar-refractivity contribution in [2.24, 2.45) is 0 Å². The van der Waals surface area contributed by atoms with Crippen molar-refractivity contribution in [1.29, 1.82) is 0 Å². The Kier molecular flexibility index (Phi) is 3.83. The van der Waals surface area contributed by atoms with Crippen LogP contribution in [-0.4, -0.2) is 36.4 Å². The van der Waals surface area contributed by atoms with Crippen LogP contribution >= 0.6 is 23.2 Å². The molecule has 3 rings (SSSR count). The molecule has 106 valence electrons. The summed E-state index contributed by atoms with van der Waals surface area (Å²) in [6, 6.07) is 4.60. The normalized spacial score (nSPS) is 15.7. The van der Waals surface area contributed by atoms with Gasteiger partial charge in [0.05, 0.1) is 15.7 Å². The third-order valence-electron chi connectivity index (χ3n) is 3.31. The van der Waals surface area contributed by atoms with Crippen LogP contribution in [0.15, 0.2) is 18.2 Å². The van der Waals surface area contributed by atoms with Crippen molar-refractivity contribution >= 4 is 29.0 Å². The van der Waals surface area contributed by atoms with Crippen LogP contribution in [0, 0.1) is 5.82 Å². The fourth-order valence-corrected chi connectivity index (χ4v) is 2.72. The van der Waals surface area contributed by atoms with E-state index < -0.39 is 5.82 Å². The largest absolute Gasteiger partial charge is 0.353 e. The van der Waals surface area contributed by atoms with E-state index in [1.54, 1.807) is 0 Å². The fraction of sp³-hybridized carbons (Fsp3) is 0.308. The maximum Gasteiger partial charge on any atom is 0.151 e. The van der Waals surface area contributed by atoms with Gasteiger partial charge in [0.2, 0.25) is 0 Å². The molecule has 1 aliphatic rings. The molecule has 4 nitrogen and oxygen atoms in total. The molecule has 7 heteroatoms. The fourth-order valence-electron chi connectivity index (χ4n) is 2.23. The molecule has 2 aromatic rings. The van der Waals surface area contributed by atoms with Gasteiger partial charge in [-0.15, -0.1) is 0 Å². The number of aromatic amines is 1. The first kappa shape index (κ1) is 13.7. The van der Waals surface area contributed by atoms with Crippen LogP contribution < -0.4 is 10.2 Å². The Hall–Kier alpha value is -1.30. The SMILES string of the molecule is Fc1cc(-c2cc(N3CCNCC3)n[nH]2)c(Cl)cc1Cl. The van der Waals surface area contributed by atoms with E-state index in [4.69, 9.17) is 23.2 Å². The van der Waals surface area contributed by atoms with Gasteiger partial charge in [-0.25, -0.2) is 4.39 Å². The minimum absolute atomic E-state index is 0.0144. The van der Waals surface area contributed by atoms with Crippen LogP contribution in [-0.2, 0) is 0 Å². The highest BCUT2D eigenvalue weighted by Crippen LogP contribution is 2.32. The molecule has 0 spiro atoms. The van der Waals surface area contributed by atoms with E-state index in [0.29, 0.717) is 16.3 Å². The van der Waals surface area contributed by atoms with E-state index >= 15 is 0 Å². The number of hydrogen-bond donors (Lipinski definition) is 2. The van der Waals surface area contributed by atoms with Crippen LogP contribution in [0.2, 0.25) is 10.0 Å². The topological polar surface area (TPSA) is 44.0 Å². The van der Waals surface area contributed by atoms with Crippen molar-refractivity contribution in [3.05, 3.63) is 34.1 Å².